The smallest absolute Gasteiger partial charge is 0.257 e. The number of nitrogens with zero attached hydrogens (tertiary/aromatic N) is 1. The fourth-order valence-corrected chi connectivity index (χ4v) is 1.74. The summed E-state index contributed by atoms with van der Waals surface area (Å²) in [7, 11) is 0. The number of benzene rings is 1. The first-order chi connectivity index (χ1) is 8.16. The van der Waals surface area contributed by atoms with Crippen LogP contribution in [0.5, 0.6) is 0 Å². The lowest BCUT2D eigenvalue weighted by molar-refractivity contribution is 0.102. The van der Waals surface area contributed by atoms with Gasteiger partial charge in [-0.2, -0.15) is 0 Å². The highest BCUT2D eigenvalue weighted by Crippen LogP contribution is 2.17. The van der Waals surface area contributed by atoms with Crippen molar-refractivity contribution in [1.29, 1.82) is 0 Å². The summed E-state index contributed by atoms with van der Waals surface area (Å²) in [6, 6.07) is 9.68. The van der Waals surface area contributed by atoms with Crippen molar-refractivity contribution < 1.29 is 9.18 Å². The third-order valence-electron chi connectivity index (χ3n) is 2.09. The van der Waals surface area contributed by atoms with Crippen LogP contribution >= 0.6 is 15.9 Å². The number of hydrogen-bond acceptors (Lipinski definition) is 2. The third kappa shape index (κ3) is 2.88. The first-order valence-corrected chi connectivity index (χ1v) is 5.63. The first-order valence-electron chi connectivity index (χ1n) is 4.84. The van der Waals surface area contributed by atoms with Crippen molar-refractivity contribution in [1.82, 2.24) is 4.98 Å². The summed E-state index contributed by atoms with van der Waals surface area (Å²) in [5.74, 6) is -0.423. The van der Waals surface area contributed by atoms with Crippen LogP contribution in [0.3, 0.4) is 0 Å². The molecule has 0 aliphatic carbocycles. The van der Waals surface area contributed by atoms with E-state index in [0.29, 0.717) is 15.9 Å². The summed E-state index contributed by atoms with van der Waals surface area (Å²) in [5, 5.41) is 2.58. The number of amides is 1. The van der Waals surface area contributed by atoms with Gasteiger partial charge in [0, 0.05) is 4.47 Å². The number of carbonyl (C=O) groups excluding carboxylic acids is 1. The maximum absolute atomic E-state index is 12.6. The molecule has 2 aromatic rings. The molecule has 86 valence electrons. The molecule has 0 radical (unpaired) electrons. The number of anilines is 1. The molecular weight excluding hydrogens is 287 g/mol. The Balaban J connectivity index is 2.17. The van der Waals surface area contributed by atoms with Crippen LogP contribution in [0.1, 0.15) is 10.4 Å². The fraction of sp³-hybridized carbons (Fsp3) is 0. The van der Waals surface area contributed by atoms with Crippen LogP contribution < -0.4 is 5.32 Å². The fourth-order valence-electron chi connectivity index (χ4n) is 1.28. The van der Waals surface area contributed by atoms with Gasteiger partial charge in [-0.15, -0.1) is 0 Å². The molecule has 0 fully saturated rings. The van der Waals surface area contributed by atoms with Crippen LogP contribution in [0.2, 0.25) is 0 Å². The molecule has 1 aromatic carbocycles. The van der Waals surface area contributed by atoms with Crippen molar-refractivity contribution in [3.63, 3.8) is 0 Å². The minimum absolute atomic E-state index is 0.295. The second kappa shape index (κ2) is 5.05. The highest BCUT2D eigenvalue weighted by atomic mass is 79.9. The normalized spacial score (nSPS) is 10.0. The molecule has 0 aliphatic heterocycles. The predicted octanol–water partition coefficient (Wildman–Crippen LogP) is 3.24. The van der Waals surface area contributed by atoms with Gasteiger partial charge in [-0.1, -0.05) is 12.1 Å². The van der Waals surface area contributed by atoms with Crippen molar-refractivity contribution in [3.05, 3.63) is 58.4 Å². The van der Waals surface area contributed by atoms with Gasteiger partial charge in [-0.05, 0) is 40.2 Å². The second-order valence-electron chi connectivity index (χ2n) is 3.30. The summed E-state index contributed by atoms with van der Waals surface area (Å²) in [6.07, 6.45) is 1.05. The number of halogens is 2. The molecule has 1 amide bonds. The van der Waals surface area contributed by atoms with E-state index in [-0.39, 0.29) is 5.91 Å². The van der Waals surface area contributed by atoms with Gasteiger partial charge >= 0.3 is 0 Å². The summed E-state index contributed by atoms with van der Waals surface area (Å²) >= 11 is 3.28. The Morgan fingerprint density at radius 3 is 2.65 bits per heavy atom. The van der Waals surface area contributed by atoms with Crippen LogP contribution in [0.4, 0.5) is 10.2 Å². The molecule has 0 saturated heterocycles. The molecule has 0 saturated carbocycles. The van der Waals surface area contributed by atoms with Crippen molar-refractivity contribution in [2.75, 3.05) is 5.32 Å². The minimum atomic E-state index is -0.441. The molecule has 0 atom stereocenters. The summed E-state index contributed by atoms with van der Waals surface area (Å²) < 4.78 is 13.3. The van der Waals surface area contributed by atoms with Crippen LogP contribution in [-0.4, -0.2) is 10.9 Å². The van der Waals surface area contributed by atoms with Gasteiger partial charge in [0.1, 0.15) is 11.6 Å². The molecule has 0 bridgehead atoms. The summed E-state index contributed by atoms with van der Waals surface area (Å²) in [5.41, 5.74) is 0.499. The van der Waals surface area contributed by atoms with Crippen molar-refractivity contribution in [2.45, 2.75) is 0 Å². The zero-order valence-corrected chi connectivity index (χ0v) is 10.2. The van der Waals surface area contributed by atoms with Crippen LogP contribution in [0.25, 0.3) is 0 Å². The highest BCUT2D eigenvalue weighted by molar-refractivity contribution is 9.10. The Morgan fingerprint density at radius 1 is 1.24 bits per heavy atom. The van der Waals surface area contributed by atoms with E-state index in [1.54, 1.807) is 18.2 Å². The Hall–Kier alpha value is -1.75. The molecule has 17 heavy (non-hydrogen) atoms. The average Bonchev–Trinajstić information content (AvgIpc) is 2.32. The molecule has 2 rings (SSSR count). The van der Waals surface area contributed by atoms with E-state index < -0.39 is 5.82 Å². The Bertz CT molecular complexity index is 542. The predicted molar refractivity (Wildman–Crippen MR) is 66.3 cm³/mol. The molecule has 0 unspecified atom stereocenters. The second-order valence-corrected chi connectivity index (χ2v) is 4.15. The van der Waals surface area contributed by atoms with E-state index in [1.165, 1.54) is 12.1 Å². The number of hydrogen-bond donors (Lipinski definition) is 1. The Kier molecular flexibility index (Phi) is 3.49. The molecule has 1 aromatic heterocycles. The molecule has 3 nitrogen and oxygen atoms in total. The summed E-state index contributed by atoms with van der Waals surface area (Å²) in [6.45, 7) is 0. The van der Waals surface area contributed by atoms with Gasteiger partial charge in [-0.25, -0.2) is 9.37 Å². The van der Waals surface area contributed by atoms with Crippen LogP contribution in [0, 0.1) is 5.82 Å². The Morgan fingerprint density at radius 2 is 2.00 bits per heavy atom. The van der Waals surface area contributed by atoms with E-state index in [0.717, 1.165) is 6.20 Å². The lowest BCUT2D eigenvalue weighted by Crippen LogP contribution is -2.13. The lowest BCUT2D eigenvalue weighted by Gasteiger charge is -2.05. The van der Waals surface area contributed by atoms with Crippen molar-refractivity contribution in [3.8, 4) is 0 Å². The molecule has 0 spiro atoms. The van der Waals surface area contributed by atoms with Gasteiger partial charge < -0.3 is 5.32 Å². The largest absolute Gasteiger partial charge is 0.307 e. The van der Waals surface area contributed by atoms with Gasteiger partial charge in [0.25, 0.3) is 5.91 Å². The molecule has 0 aliphatic rings. The maximum atomic E-state index is 12.6. The number of nitrogens with one attached hydrogen (secondary N) is 1. The van der Waals surface area contributed by atoms with E-state index in [4.69, 9.17) is 0 Å². The van der Waals surface area contributed by atoms with E-state index in [1.807, 2.05) is 6.07 Å². The van der Waals surface area contributed by atoms with Gasteiger partial charge in [0.15, 0.2) is 0 Å². The number of pyridine rings is 1. The number of aromatic nitrogens is 1. The minimum Gasteiger partial charge on any atom is -0.307 e. The van der Waals surface area contributed by atoms with Gasteiger partial charge in [0.05, 0.1) is 11.8 Å². The topological polar surface area (TPSA) is 42.0 Å². The van der Waals surface area contributed by atoms with E-state index >= 15 is 0 Å². The quantitative estimate of drug-likeness (QED) is 0.924. The molecule has 1 N–H and O–H groups in total. The first kappa shape index (κ1) is 11.7. The SMILES string of the molecule is O=C(Nc1ccc(F)cn1)c1ccccc1Br. The lowest BCUT2D eigenvalue weighted by atomic mass is 10.2. The zero-order valence-electron chi connectivity index (χ0n) is 8.65. The van der Waals surface area contributed by atoms with E-state index in [2.05, 4.69) is 26.2 Å². The van der Waals surface area contributed by atoms with Gasteiger partial charge in [0.2, 0.25) is 0 Å². The molecule has 1 heterocycles. The van der Waals surface area contributed by atoms with Crippen molar-refractivity contribution in [2.24, 2.45) is 0 Å². The zero-order chi connectivity index (χ0) is 12.3. The van der Waals surface area contributed by atoms with Crippen molar-refractivity contribution >= 4 is 27.7 Å². The third-order valence-corrected chi connectivity index (χ3v) is 2.78. The summed E-state index contributed by atoms with van der Waals surface area (Å²) in [4.78, 5) is 15.6. The maximum Gasteiger partial charge on any atom is 0.257 e. The number of carbonyl (C=O) groups is 1. The standard InChI is InChI=1S/C12H8BrFN2O/c13-10-4-2-1-3-9(10)12(17)16-11-6-5-8(14)7-15-11/h1-7H,(H,15,16,17). The van der Waals surface area contributed by atoms with E-state index in [9.17, 15) is 9.18 Å². The van der Waals surface area contributed by atoms with Crippen LogP contribution in [-0.2, 0) is 0 Å². The highest BCUT2D eigenvalue weighted by Gasteiger charge is 2.09. The van der Waals surface area contributed by atoms with Gasteiger partial charge in [-0.3, -0.25) is 4.79 Å². The van der Waals surface area contributed by atoms with Crippen LogP contribution in [0.15, 0.2) is 47.1 Å². The monoisotopic (exact) mass is 294 g/mol. The average molecular weight is 295 g/mol. The molecular formula is C12H8BrFN2O. The Labute approximate surface area is 106 Å². The number of rotatable bonds is 2. The molecule has 5 heteroatoms.